The number of hydrogen-bond donors (Lipinski definition) is 0. The maximum Gasteiger partial charge on any atom is 0.161 e. The lowest BCUT2D eigenvalue weighted by Gasteiger charge is -2.55. The molecule has 0 radical (unpaired) electrons. The molecule has 0 aromatic heterocycles. The van der Waals surface area contributed by atoms with Gasteiger partial charge in [0.1, 0.15) is 5.75 Å². The second-order valence-electron chi connectivity index (χ2n) is 7.78. The Kier molecular flexibility index (Phi) is 3.87. The van der Waals surface area contributed by atoms with Crippen LogP contribution >= 0.6 is 15.9 Å². The van der Waals surface area contributed by atoms with Gasteiger partial charge in [-0.05, 0) is 86.6 Å². The molecule has 23 heavy (non-hydrogen) atoms. The predicted octanol–water partition coefficient (Wildman–Crippen LogP) is 5.26. The molecular weight excluding hydrogens is 352 g/mol. The molecule has 4 aliphatic carbocycles. The molecular formula is C20H23BrO2. The molecule has 4 aliphatic rings. The fourth-order valence-corrected chi connectivity index (χ4v) is 5.97. The molecule has 0 N–H and O–H groups in total. The summed E-state index contributed by atoms with van der Waals surface area (Å²) in [4.78, 5) is 13.0. The van der Waals surface area contributed by atoms with Gasteiger partial charge in [-0.3, -0.25) is 4.79 Å². The highest BCUT2D eigenvalue weighted by atomic mass is 79.9. The van der Waals surface area contributed by atoms with Crippen molar-refractivity contribution in [1.29, 1.82) is 0 Å². The summed E-state index contributed by atoms with van der Waals surface area (Å²) in [5.74, 6) is 3.57. The van der Waals surface area contributed by atoms with Crippen LogP contribution in [0.15, 0.2) is 28.7 Å². The number of rotatable bonds is 4. The Bertz CT molecular complexity index is 626. The molecule has 122 valence electrons. The van der Waals surface area contributed by atoms with E-state index in [2.05, 4.69) is 15.9 Å². The van der Waals surface area contributed by atoms with Gasteiger partial charge in [0.05, 0.1) is 7.11 Å². The summed E-state index contributed by atoms with van der Waals surface area (Å²) in [5, 5.41) is 0. The van der Waals surface area contributed by atoms with E-state index in [9.17, 15) is 4.79 Å². The van der Waals surface area contributed by atoms with Crippen molar-refractivity contribution in [2.45, 2.75) is 38.5 Å². The van der Waals surface area contributed by atoms with Crippen LogP contribution in [-0.4, -0.2) is 12.9 Å². The maximum atomic E-state index is 13.0. The molecule has 3 heteroatoms. The van der Waals surface area contributed by atoms with Gasteiger partial charge in [-0.25, -0.2) is 0 Å². The van der Waals surface area contributed by atoms with Gasteiger partial charge in [-0.2, -0.15) is 0 Å². The van der Waals surface area contributed by atoms with Crippen molar-refractivity contribution in [3.05, 3.63) is 34.3 Å². The third kappa shape index (κ3) is 2.77. The molecule has 2 nitrogen and oxygen atoms in total. The van der Waals surface area contributed by atoms with Crippen molar-refractivity contribution < 1.29 is 9.53 Å². The van der Waals surface area contributed by atoms with Gasteiger partial charge in [0.2, 0.25) is 0 Å². The molecule has 0 saturated heterocycles. The normalized spacial score (nSPS) is 35.0. The second kappa shape index (κ2) is 5.77. The molecule has 0 heterocycles. The van der Waals surface area contributed by atoms with E-state index in [0.717, 1.165) is 52.8 Å². The summed E-state index contributed by atoms with van der Waals surface area (Å²) in [6.07, 6.45) is 11.2. The maximum absolute atomic E-state index is 13.0. The molecule has 4 saturated carbocycles. The van der Waals surface area contributed by atoms with E-state index in [1.54, 1.807) is 7.11 Å². The number of carbonyl (C=O) groups excluding carboxylic acids is 1. The van der Waals surface area contributed by atoms with E-state index in [4.69, 9.17) is 4.74 Å². The third-order valence-corrected chi connectivity index (χ3v) is 6.66. The van der Waals surface area contributed by atoms with E-state index in [1.165, 1.54) is 19.3 Å². The largest absolute Gasteiger partial charge is 0.496 e. The first-order valence-electron chi connectivity index (χ1n) is 8.64. The van der Waals surface area contributed by atoms with Crippen molar-refractivity contribution in [2.24, 2.45) is 23.2 Å². The van der Waals surface area contributed by atoms with Gasteiger partial charge >= 0.3 is 0 Å². The quantitative estimate of drug-likeness (QED) is 0.672. The van der Waals surface area contributed by atoms with Crippen molar-refractivity contribution in [3.8, 4) is 5.75 Å². The SMILES string of the molecule is COc1ccc(Br)cc1/C=C/C(=O)C12CC3CC(CC(C3)C1)C2. The summed E-state index contributed by atoms with van der Waals surface area (Å²) < 4.78 is 6.40. The van der Waals surface area contributed by atoms with E-state index in [0.29, 0.717) is 5.78 Å². The summed E-state index contributed by atoms with van der Waals surface area (Å²) in [5.41, 5.74) is 0.907. The highest BCUT2D eigenvalue weighted by Crippen LogP contribution is 2.60. The highest BCUT2D eigenvalue weighted by molar-refractivity contribution is 9.10. The molecule has 0 amide bonds. The summed E-state index contributed by atoms with van der Waals surface area (Å²) in [6.45, 7) is 0. The van der Waals surface area contributed by atoms with E-state index >= 15 is 0 Å². The van der Waals surface area contributed by atoms with Gasteiger partial charge in [-0.1, -0.05) is 15.9 Å². The fraction of sp³-hybridized carbons (Fsp3) is 0.550. The van der Waals surface area contributed by atoms with Crippen LogP contribution in [0.1, 0.15) is 44.1 Å². The van der Waals surface area contributed by atoms with Crippen molar-refractivity contribution in [1.82, 2.24) is 0 Å². The third-order valence-electron chi connectivity index (χ3n) is 6.17. The van der Waals surface area contributed by atoms with Crippen LogP contribution < -0.4 is 4.74 Å². The smallest absolute Gasteiger partial charge is 0.161 e. The number of halogens is 1. The number of benzene rings is 1. The molecule has 5 rings (SSSR count). The fourth-order valence-electron chi connectivity index (χ4n) is 5.59. The van der Waals surface area contributed by atoms with E-state index < -0.39 is 0 Å². The molecule has 0 unspecified atom stereocenters. The van der Waals surface area contributed by atoms with Gasteiger partial charge in [0.25, 0.3) is 0 Å². The summed E-state index contributed by atoms with van der Waals surface area (Å²) in [7, 11) is 1.67. The lowest BCUT2D eigenvalue weighted by atomic mass is 9.48. The lowest BCUT2D eigenvalue weighted by molar-refractivity contribution is -0.138. The van der Waals surface area contributed by atoms with Crippen LogP contribution in [0.3, 0.4) is 0 Å². The van der Waals surface area contributed by atoms with Crippen LogP contribution in [0.25, 0.3) is 6.08 Å². The monoisotopic (exact) mass is 374 g/mol. The Morgan fingerprint density at radius 3 is 2.35 bits per heavy atom. The van der Waals surface area contributed by atoms with Gasteiger partial charge in [0, 0.05) is 15.5 Å². The van der Waals surface area contributed by atoms with Crippen molar-refractivity contribution in [3.63, 3.8) is 0 Å². The zero-order valence-corrected chi connectivity index (χ0v) is 15.1. The zero-order chi connectivity index (χ0) is 16.0. The number of methoxy groups -OCH3 is 1. The molecule has 0 atom stereocenters. The number of hydrogen-bond acceptors (Lipinski definition) is 2. The van der Waals surface area contributed by atoms with Gasteiger partial charge in [0.15, 0.2) is 5.78 Å². The Labute approximate surface area is 146 Å². The van der Waals surface area contributed by atoms with Gasteiger partial charge in [-0.15, -0.1) is 0 Å². The lowest BCUT2D eigenvalue weighted by Crippen LogP contribution is -2.49. The minimum Gasteiger partial charge on any atom is -0.496 e. The predicted molar refractivity (Wildman–Crippen MR) is 95.3 cm³/mol. The van der Waals surface area contributed by atoms with Crippen LogP contribution in [0.4, 0.5) is 0 Å². The first kappa shape index (κ1) is 15.4. The Morgan fingerprint density at radius 2 is 1.78 bits per heavy atom. The topological polar surface area (TPSA) is 26.3 Å². The minimum atomic E-state index is -0.0511. The number of ketones is 1. The average Bonchev–Trinajstić information content (AvgIpc) is 2.51. The second-order valence-corrected chi connectivity index (χ2v) is 8.70. The summed E-state index contributed by atoms with van der Waals surface area (Å²) >= 11 is 3.49. The van der Waals surface area contributed by atoms with Crippen LogP contribution in [0.2, 0.25) is 0 Å². The van der Waals surface area contributed by atoms with E-state index in [-0.39, 0.29) is 5.41 Å². The molecule has 1 aromatic rings. The molecule has 4 fully saturated rings. The first-order chi connectivity index (χ1) is 11.1. The minimum absolute atomic E-state index is 0.0511. The standard InChI is InChI=1S/C20H23BrO2/c1-23-18-4-3-17(21)9-16(18)2-5-19(22)20-10-13-6-14(11-20)8-15(7-13)12-20/h2-5,9,13-15H,6-8,10-12H2,1H3/b5-2+. The number of ether oxygens (including phenoxy) is 1. The average molecular weight is 375 g/mol. The Hall–Kier alpha value is -1.09. The zero-order valence-electron chi connectivity index (χ0n) is 13.6. The Morgan fingerprint density at radius 1 is 1.17 bits per heavy atom. The highest BCUT2D eigenvalue weighted by Gasteiger charge is 2.53. The number of allylic oxidation sites excluding steroid dienone is 1. The van der Waals surface area contributed by atoms with Gasteiger partial charge < -0.3 is 4.74 Å². The Balaban J connectivity index is 1.57. The van der Waals surface area contributed by atoms with Crippen LogP contribution in [0.5, 0.6) is 5.75 Å². The van der Waals surface area contributed by atoms with Crippen molar-refractivity contribution in [2.75, 3.05) is 7.11 Å². The van der Waals surface area contributed by atoms with Crippen LogP contribution in [-0.2, 0) is 4.79 Å². The summed E-state index contributed by atoms with van der Waals surface area (Å²) in [6, 6.07) is 5.89. The molecule has 0 spiro atoms. The van der Waals surface area contributed by atoms with Crippen molar-refractivity contribution >= 4 is 27.8 Å². The number of carbonyl (C=O) groups is 1. The first-order valence-corrected chi connectivity index (χ1v) is 9.43. The van der Waals surface area contributed by atoms with Crippen LogP contribution in [0, 0.1) is 23.2 Å². The molecule has 1 aromatic carbocycles. The van der Waals surface area contributed by atoms with E-state index in [1.807, 2.05) is 30.4 Å². The molecule has 0 aliphatic heterocycles. The molecule has 4 bridgehead atoms.